The Balaban J connectivity index is 3.01. The van der Waals surface area contributed by atoms with Crippen LogP contribution in [-0.2, 0) is 0 Å². The van der Waals surface area contributed by atoms with E-state index in [-0.39, 0.29) is 23.3 Å². The van der Waals surface area contributed by atoms with Crippen LogP contribution in [0.3, 0.4) is 0 Å². The number of carbonyl (C=O) groups excluding carboxylic acids is 1. The van der Waals surface area contributed by atoms with E-state index >= 15 is 0 Å². The zero-order valence-electron chi connectivity index (χ0n) is 11.5. The van der Waals surface area contributed by atoms with E-state index in [0.29, 0.717) is 12.3 Å². The third-order valence-electron chi connectivity index (χ3n) is 2.85. The number of rotatable bonds is 6. The first-order valence-electron chi connectivity index (χ1n) is 6.25. The summed E-state index contributed by atoms with van der Waals surface area (Å²) < 4.78 is 5.09. The van der Waals surface area contributed by atoms with Gasteiger partial charge >= 0.3 is 0 Å². The van der Waals surface area contributed by atoms with Crippen LogP contribution in [0, 0.1) is 0 Å². The highest BCUT2D eigenvalue weighted by atomic mass is 79.9. The van der Waals surface area contributed by atoms with Crippen molar-refractivity contribution in [1.29, 1.82) is 0 Å². The van der Waals surface area contributed by atoms with Crippen LogP contribution >= 0.6 is 15.9 Å². The van der Waals surface area contributed by atoms with Crippen LogP contribution in [0.25, 0.3) is 0 Å². The fraction of sp³-hybridized carbons (Fsp3) is 0.500. The summed E-state index contributed by atoms with van der Waals surface area (Å²) in [5, 5.41) is 10.7. The van der Waals surface area contributed by atoms with Crippen molar-refractivity contribution in [1.82, 2.24) is 4.90 Å². The van der Waals surface area contributed by atoms with Gasteiger partial charge in [-0.05, 0) is 38.5 Å². The summed E-state index contributed by atoms with van der Waals surface area (Å²) in [5.74, 6) is 0.369. The highest BCUT2D eigenvalue weighted by Crippen LogP contribution is 2.25. The summed E-state index contributed by atoms with van der Waals surface area (Å²) in [6.45, 7) is 4.57. The van der Waals surface area contributed by atoms with Gasteiger partial charge in [0, 0.05) is 17.9 Å². The topological polar surface area (TPSA) is 49.8 Å². The lowest BCUT2D eigenvalue weighted by molar-refractivity contribution is 0.0703. The number of aromatic hydroxyl groups is 1. The van der Waals surface area contributed by atoms with E-state index in [2.05, 4.69) is 15.9 Å². The molecule has 0 aromatic heterocycles. The summed E-state index contributed by atoms with van der Waals surface area (Å²) in [4.78, 5) is 14.2. The molecule has 0 fully saturated rings. The number of ether oxygens (including phenoxy) is 1. The Labute approximate surface area is 122 Å². The van der Waals surface area contributed by atoms with Gasteiger partial charge in [0.1, 0.15) is 11.5 Å². The Bertz CT molecular complexity index is 435. The average Bonchev–Trinajstić information content (AvgIpc) is 2.39. The van der Waals surface area contributed by atoms with Gasteiger partial charge in [-0.15, -0.1) is 0 Å². The molecular weight excluding hydrogens is 310 g/mol. The van der Waals surface area contributed by atoms with E-state index in [1.54, 1.807) is 17.0 Å². The van der Waals surface area contributed by atoms with Crippen molar-refractivity contribution in [3.63, 3.8) is 0 Å². The lowest BCUT2D eigenvalue weighted by Gasteiger charge is -2.27. The van der Waals surface area contributed by atoms with Gasteiger partial charge in [0.05, 0.1) is 12.7 Å². The van der Waals surface area contributed by atoms with Crippen molar-refractivity contribution in [2.75, 3.05) is 19.0 Å². The molecule has 1 amide bonds. The van der Waals surface area contributed by atoms with Gasteiger partial charge in [0.25, 0.3) is 5.91 Å². The number of halogens is 1. The zero-order chi connectivity index (χ0) is 14.4. The van der Waals surface area contributed by atoms with Crippen molar-refractivity contribution in [2.45, 2.75) is 26.3 Å². The largest absolute Gasteiger partial charge is 0.507 e. The molecule has 19 heavy (non-hydrogen) atoms. The van der Waals surface area contributed by atoms with Crippen molar-refractivity contribution in [2.24, 2.45) is 0 Å². The van der Waals surface area contributed by atoms with E-state index in [1.807, 2.05) is 13.8 Å². The minimum atomic E-state index is -0.174. The molecule has 5 heteroatoms. The normalized spacial score (nSPS) is 10.6. The van der Waals surface area contributed by atoms with Crippen molar-refractivity contribution >= 4 is 21.8 Å². The van der Waals surface area contributed by atoms with Gasteiger partial charge in [0.15, 0.2) is 0 Å². The van der Waals surface area contributed by atoms with Crippen LogP contribution < -0.4 is 4.74 Å². The Morgan fingerprint density at radius 3 is 2.68 bits per heavy atom. The minimum Gasteiger partial charge on any atom is -0.507 e. The van der Waals surface area contributed by atoms with Gasteiger partial charge in [-0.25, -0.2) is 0 Å². The number of alkyl halides is 1. The molecule has 0 aliphatic carbocycles. The van der Waals surface area contributed by atoms with E-state index in [1.165, 1.54) is 13.2 Å². The van der Waals surface area contributed by atoms with Crippen molar-refractivity contribution in [3.8, 4) is 11.5 Å². The third kappa shape index (κ3) is 4.13. The fourth-order valence-electron chi connectivity index (χ4n) is 1.79. The van der Waals surface area contributed by atoms with E-state index in [4.69, 9.17) is 4.74 Å². The lowest BCUT2D eigenvalue weighted by atomic mass is 10.1. The standard InChI is InChI=1S/C14H20BrNO3/c1-10(2)16(8-4-7-15)14(18)12-9-11(19-3)5-6-13(12)17/h5-6,9-10,17H,4,7-8H2,1-3H3. The maximum atomic E-state index is 12.5. The first-order valence-corrected chi connectivity index (χ1v) is 7.37. The van der Waals surface area contributed by atoms with Crippen LogP contribution in [0.15, 0.2) is 18.2 Å². The molecule has 0 spiro atoms. The Morgan fingerprint density at radius 2 is 2.16 bits per heavy atom. The smallest absolute Gasteiger partial charge is 0.257 e. The zero-order valence-corrected chi connectivity index (χ0v) is 13.1. The molecule has 0 atom stereocenters. The predicted molar refractivity (Wildman–Crippen MR) is 79.2 cm³/mol. The Morgan fingerprint density at radius 1 is 1.47 bits per heavy atom. The number of carbonyl (C=O) groups is 1. The van der Waals surface area contributed by atoms with Crippen LogP contribution in [0.5, 0.6) is 11.5 Å². The number of amides is 1. The quantitative estimate of drug-likeness (QED) is 0.816. The molecule has 0 saturated heterocycles. The number of phenols is 1. The molecule has 0 heterocycles. The molecule has 106 valence electrons. The number of benzene rings is 1. The van der Waals surface area contributed by atoms with Gasteiger partial charge < -0.3 is 14.7 Å². The highest BCUT2D eigenvalue weighted by molar-refractivity contribution is 9.09. The summed E-state index contributed by atoms with van der Waals surface area (Å²) in [6, 6.07) is 4.76. The fourth-order valence-corrected chi connectivity index (χ4v) is 2.04. The summed E-state index contributed by atoms with van der Waals surface area (Å²) >= 11 is 3.36. The van der Waals surface area contributed by atoms with Crippen molar-refractivity contribution < 1.29 is 14.6 Å². The predicted octanol–water partition coefficient (Wildman–Crippen LogP) is 3.04. The van der Waals surface area contributed by atoms with Crippen LogP contribution in [0.4, 0.5) is 0 Å². The molecule has 1 aromatic carbocycles. The minimum absolute atomic E-state index is 0.0182. The average molecular weight is 330 g/mol. The first-order chi connectivity index (χ1) is 9.01. The maximum Gasteiger partial charge on any atom is 0.257 e. The monoisotopic (exact) mass is 329 g/mol. The van der Waals surface area contributed by atoms with Crippen LogP contribution in [-0.4, -0.2) is 40.9 Å². The molecular formula is C14H20BrNO3. The molecule has 0 unspecified atom stereocenters. The lowest BCUT2D eigenvalue weighted by Crippen LogP contribution is -2.37. The summed E-state index contributed by atoms with van der Waals surface area (Å²) in [7, 11) is 1.53. The Kier molecular flexibility index (Phi) is 6.15. The van der Waals surface area contributed by atoms with Gasteiger partial charge in [-0.2, -0.15) is 0 Å². The molecule has 1 rings (SSSR count). The highest BCUT2D eigenvalue weighted by Gasteiger charge is 2.21. The number of hydrogen-bond donors (Lipinski definition) is 1. The molecule has 0 saturated carbocycles. The number of phenolic OH excluding ortho intramolecular Hbond substituents is 1. The van der Waals surface area contributed by atoms with Gasteiger partial charge in [-0.1, -0.05) is 15.9 Å². The molecule has 4 nitrogen and oxygen atoms in total. The molecule has 0 bridgehead atoms. The molecule has 0 radical (unpaired) electrons. The molecule has 1 N–H and O–H groups in total. The second-order valence-electron chi connectivity index (χ2n) is 4.52. The SMILES string of the molecule is COc1ccc(O)c(C(=O)N(CCCBr)C(C)C)c1. The second-order valence-corrected chi connectivity index (χ2v) is 5.31. The van der Waals surface area contributed by atoms with Crippen molar-refractivity contribution in [3.05, 3.63) is 23.8 Å². The first kappa shape index (κ1) is 15.8. The maximum absolute atomic E-state index is 12.5. The van der Waals surface area contributed by atoms with Crippen LogP contribution in [0.1, 0.15) is 30.6 Å². The molecule has 0 aliphatic heterocycles. The van der Waals surface area contributed by atoms with E-state index in [0.717, 1.165) is 11.8 Å². The second kappa shape index (κ2) is 7.38. The third-order valence-corrected chi connectivity index (χ3v) is 3.41. The molecule has 0 aliphatic rings. The Hall–Kier alpha value is -1.23. The van der Waals surface area contributed by atoms with Crippen LogP contribution in [0.2, 0.25) is 0 Å². The van der Waals surface area contributed by atoms with Gasteiger partial charge in [0.2, 0.25) is 0 Å². The summed E-state index contributed by atoms with van der Waals surface area (Å²) in [6.07, 6.45) is 0.870. The van der Waals surface area contributed by atoms with E-state index in [9.17, 15) is 9.90 Å². The number of methoxy groups -OCH3 is 1. The summed E-state index contributed by atoms with van der Waals surface area (Å²) in [5.41, 5.74) is 0.280. The number of nitrogens with zero attached hydrogens (tertiary/aromatic N) is 1. The molecule has 1 aromatic rings. The van der Waals surface area contributed by atoms with Gasteiger partial charge in [-0.3, -0.25) is 4.79 Å². The number of hydrogen-bond acceptors (Lipinski definition) is 3. The van der Waals surface area contributed by atoms with E-state index < -0.39 is 0 Å².